The van der Waals surface area contributed by atoms with Gasteiger partial charge in [0, 0.05) is 29.7 Å². The predicted octanol–water partition coefficient (Wildman–Crippen LogP) is 3.13. The Morgan fingerprint density at radius 3 is 3.00 bits per heavy atom. The van der Waals surface area contributed by atoms with Crippen molar-refractivity contribution < 1.29 is 4.42 Å². The Bertz CT molecular complexity index is 470. The Hall–Kier alpha value is -1.19. The van der Waals surface area contributed by atoms with Crippen molar-refractivity contribution in [2.45, 2.75) is 23.0 Å². The van der Waals surface area contributed by atoms with Crippen molar-refractivity contribution >= 4 is 11.8 Å². The van der Waals surface area contributed by atoms with E-state index in [4.69, 9.17) is 4.42 Å². The molecule has 2 aromatic rings. The third-order valence-corrected chi connectivity index (χ3v) is 4.53. The van der Waals surface area contributed by atoms with Gasteiger partial charge in [0.25, 0.3) is 0 Å². The summed E-state index contributed by atoms with van der Waals surface area (Å²) in [6, 6.07) is 12.7. The number of rotatable bonds is 5. The van der Waals surface area contributed by atoms with E-state index in [1.54, 1.807) is 6.26 Å². The van der Waals surface area contributed by atoms with E-state index in [0.29, 0.717) is 5.25 Å². The first-order chi connectivity index (χ1) is 8.92. The van der Waals surface area contributed by atoms with Gasteiger partial charge in [-0.15, -0.1) is 11.8 Å². The molecule has 1 aliphatic heterocycles. The highest BCUT2D eigenvalue weighted by molar-refractivity contribution is 8.00. The molecular weight excluding hydrogens is 242 g/mol. The Morgan fingerprint density at radius 1 is 1.22 bits per heavy atom. The average Bonchev–Trinajstić information content (AvgIpc) is 3.03. The van der Waals surface area contributed by atoms with Crippen molar-refractivity contribution in [3.8, 4) is 0 Å². The zero-order valence-electron chi connectivity index (χ0n) is 10.3. The molecule has 2 nitrogen and oxygen atoms in total. The van der Waals surface area contributed by atoms with Crippen molar-refractivity contribution in [2.75, 3.05) is 13.1 Å². The predicted molar refractivity (Wildman–Crippen MR) is 75.1 cm³/mol. The lowest BCUT2D eigenvalue weighted by molar-refractivity contribution is 0.498. The van der Waals surface area contributed by atoms with Crippen LogP contribution in [0.5, 0.6) is 0 Å². The molecule has 1 unspecified atom stereocenters. The van der Waals surface area contributed by atoms with Crippen molar-refractivity contribution in [3.63, 3.8) is 0 Å². The molecule has 0 radical (unpaired) electrons. The first kappa shape index (κ1) is 11.9. The minimum absolute atomic E-state index is 0.680. The molecule has 0 amide bonds. The van der Waals surface area contributed by atoms with Crippen LogP contribution < -0.4 is 5.32 Å². The van der Waals surface area contributed by atoms with Gasteiger partial charge in [0.15, 0.2) is 0 Å². The van der Waals surface area contributed by atoms with Gasteiger partial charge in [-0.05, 0) is 30.2 Å². The van der Waals surface area contributed by atoms with E-state index in [9.17, 15) is 0 Å². The normalized spacial score (nSPS) is 17.9. The number of hydrogen-bond donors (Lipinski definition) is 1. The summed E-state index contributed by atoms with van der Waals surface area (Å²) in [5.41, 5.74) is 1.50. The topological polar surface area (TPSA) is 25.2 Å². The fourth-order valence-electron chi connectivity index (χ4n) is 2.30. The van der Waals surface area contributed by atoms with Gasteiger partial charge < -0.3 is 9.73 Å². The van der Waals surface area contributed by atoms with E-state index >= 15 is 0 Å². The Kier molecular flexibility index (Phi) is 3.72. The summed E-state index contributed by atoms with van der Waals surface area (Å²) in [5.74, 6) is 1.06. The Balaban J connectivity index is 1.41. The first-order valence-corrected chi connectivity index (χ1v) is 7.27. The van der Waals surface area contributed by atoms with E-state index in [2.05, 4.69) is 29.6 Å². The van der Waals surface area contributed by atoms with Gasteiger partial charge in [0.1, 0.15) is 5.76 Å². The van der Waals surface area contributed by atoms with Crippen LogP contribution >= 0.6 is 11.8 Å². The standard InChI is InChI=1S/C15H17NOS/c1-2-6-15-12(4-1)10-14(18-15)11-16-8-7-13-5-3-9-17-13/h1-6,9,14,16H,7-8,10-11H2. The van der Waals surface area contributed by atoms with Crippen LogP contribution in [0.1, 0.15) is 11.3 Å². The van der Waals surface area contributed by atoms with Gasteiger partial charge in [-0.2, -0.15) is 0 Å². The number of benzene rings is 1. The smallest absolute Gasteiger partial charge is 0.105 e. The Morgan fingerprint density at radius 2 is 2.17 bits per heavy atom. The highest BCUT2D eigenvalue weighted by Gasteiger charge is 2.20. The molecule has 3 heteroatoms. The van der Waals surface area contributed by atoms with E-state index in [0.717, 1.165) is 25.3 Å². The summed E-state index contributed by atoms with van der Waals surface area (Å²) in [4.78, 5) is 1.45. The third-order valence-electron chi connectivity index (χ3n) is 3.21. The minimum atomic E-state index is 0.680. The van der Waals surface area contributed by atoms with Crippen LogP contribution in [0.15, 0.2) is 52.0 Å². The van der Waals surface area contributed by atoms with E-state index in [1.807, 2.05) is 23.9 Å². The van der Waals surface area contributed by atoms with Crippen LogP contribution in [-0.2, 0) is 12.8 Å². The molecule has 0 saturated carbocycles. The van der Waals surface area contributed by atoms with Gasteiger partial charge in [-0.3, -0.25) is 0 Å². The summed E-state index contributed by atoms with van der Waals surface area (Å²) >= 11 is 2.00. The highest BCUT2D eigenvalue weighted by atomic mass is 32.2. The number of thioether (sulfide) groups is 1. The van der Waals surface area contributed by atoms with E-state index < -0.39 is 0 Å². The van der Waals surface area contributed by atoms with Gasteiger partial charge >= 0.3 is 0 Å². The van der Waals surface area contributed by atoms with Crippen molar-refractivity contribution in [2.24, 2.45) is 0 Å². The number of furan rings is 1. The molecule has 0 bridgehead atoms. The van der Waals surface area contributed by atoms with Crippen molar-refractivity contribution in [3.05, 3.63) is 54.0 Å². The summed E-state index contributed by atoms with van der Waals surface area (Å²) < 4.78 is 5.31. The molecule has 0 spiro atoms. The fourth-order valence-corrected chi connectivity index (χ4v) is 3.58. The number of nitrogens with one attached hydrogen (secondary N) is 1. The van der Waals surface area contributed by atoms with Crippen molar-refractivity contribution in [1.82, 2.24) is 5.32 Å². The van der Waals surface area contributed by atoms with Crippen LogP contribution in [0.2, 0.25) is 0 Å². The average molecular weight is 259 g/mol. The molecule has 3 rings (SSSR count). The second-order valence-electron chi connectivity index (χ2n) is 4.59. The van der Waals surface area contributed by atoms with Crippen LogP contribution in [-0.4, -0.2) is 18.3 Å². The quantitative estimate of drug-likeness (QED) is 0.835. The molecular formula is C15H17NOS. The summed E-state index contributed by atoms with van der Waals surface area (Å²) in [6.07, 6.45) is 3.89. The van der Waals surface area contributed by atoms with Crippen LogP contribution in [0.25, 0.3) is 0 Å². The summed E-state index contributed by atoms with van der Waals surface area (Å²) in [7, 11) is 0. The van der Waals surface area contributed by atoms with E-state index in [1.165, 1.54) is 16.9 Å². The zero-order valence-corrected chi connectivity index (χ0v) is 11.1. The van der Waals surface area contributed by atoms with Crippen LogP contribution in [0.3, 0.4) is 0 Å². The molecule has 0 fully saturated rings. The second kappa shape index (κ2) is 5.63. The monoisotopic (exact) mass is 259 g/mol. The van der Waals surface area contributed by atoms with E-state index in [-0.39, 0.29) is 0 Å². The summed E-state index contributed by atoms with van der Waals surface area (Å²) in [5, 5.41) is 4.20. The lowest BCUT2D eigenvalue weighted by atomic mass is 10.1. The van der Waals surface area contributed by atoms with Crippen LogP contribution in [0, 0.1) is 0 Å². The van der Waals surface area contributed by atoms with Crippen molar-refractivity contribution in [1.29, 1.82) is 0 Å². The third kappa shape index (κ3) is 2.79. The lowest BCUT2D eigenvalue weighted by Crippen LogP contribution is -2.26. The SMILES string of the molecule is c1coc(CCNCC2Cc3ccccc3S2)c1. The molecule has 1 aliphatic rings. The first-order valence-electron chi connectivity index (χ1n) is 6.39. The molecule has 1 aromatic carbocycles. The lowest BCUT2D eigenvalue weighted by Gasteiger charge is -2.09. The molecule has 1 aromatic heterocycles. The largest absolute Gasteiger partial charge is 0.469 e. The minimum Gasteiger partial charge on any atom is -0.469 e. The molecule has 2 heterocycles. The summed E-state index contributed by atoms with van der Waals surface area (Å²) in [6.45, 7) is 2.06. The zero-order chi connectivity index (χ0) is 12.2. The van der Waals surface area contributed by atoms with Gasteiger partial charge in [-0.25, -0.2) is 0 Å². The Labute approximate surface area is 112 Å². The second-order valence-corrected chi connectivity index (χ2v) is 5.93. The molecule has 94 valence electrons. The molecule has 18 heavy (non-hydrogen) atoms. The number of hydrogen-bond acceptors (Lipinski definition) is 3. The maximum Gasteiger partial charge on any atom is 0.105 e. The number of fused-ring (bicyclic) bond motifs is 1. The van der Waals surface area contributed by atoms with Gasteiger partial charge in [0.05, 0.1) is 6.26 Å². The van der Waals surface area contributed by atoms with Gasteiger partial charge in [0.2, 0.25) is 0 Å². The molecule has 0 aliphatic carbocycles. The van der Waals surface area contributed by atoms with Crippen LogP contribution in [0.4, 0.5) is 0 Å². The van der Waals surface area contributed by atoms with Gasteiger partial charge in [-0.1, -0.05) is 18.2 Å². The highest BCUT2D eigenvalue weighted by Crippen LogP contribution is 2.36. The maximum atomic E-state index is 5.31. The molecule has 1 atom stereocenters. The maximum absolute atomic E-state index is 5.31. The molecule has 1 N–H and O–H groups in total. The fraction of sp³-hybridized carbons (Fsp3) is 0.333. The molecule has 0 saturated heterocycles.